The Morgan fingerprint density at radius 3 is 2.41 bits per heavy atom. The first-order valence-corrected chi connectivity index (χ1v) is 13.1. The number of pyridine rings is 1. The number of hydrogen-bond acceptors (Lipinski definition) is 8. The van der Waals surface area contributed by atoms with Crippen LogP contribution < -0.4 is 20.7 Å². The van der Waals surface area contributed by atoms with Crippen molar-refractivity contribution in [1.29, 1.82) is 0 Å². The number of amides is 1. The van der Waals surface area contributed by atoms with Gasteiger partial charge in [0.2, 0.25) is 11.8 Å². The summed E-state index contributed by atoms with van der Waals surface area (Å²) in [5.41, 5.74) is 6.43. The summed E-state index contributed by atoms with van der Waals surface area (Å²) in [6, 6.07) is 23.2. The summed E-state index contributed by atoms with van der Waals surface area (Å²) in [6.45, 7) is 2.27. The smallest absolute Gasteiger partial charge is 0.237 e. The Labute approximate surface area is 238 Å². The van der Waals surface area contributed by atoms with E-state index in [0.29, 0.717) is 30.1 Å². The van der Waals surface area contributed by atoms with E-state index in [2.05, 4.69) is 20.2 Å². The molecule has 5 rings (SSSR count). The number of para-hydroxylation sites is 2. The Morgan fingerprint density at radius 2 is 1.71 bits per heavy atom. The highest BCUT2D eigenvalue weighted by Gasteiger charge is 2.18. The summed E-state index contributed by atoms with van der Waals surface area (Å²) in [6.07, 6.45) is 1.68. The number of rotatable bonds is 10. The molecule has 0 spiro atoms. The lowest BCUT2D eigenvalue weighted by molar-refractivity contribution is -0.114. The van der Waals surface area contributed by atoms with Crippen LogP contribution in [0.4, 0.5) is 17.1 Å². The maximum atomic E-state index is 11.6. The average molecular weight is 553 g/mol. The highest BCUT2D eigenvalue weighted by atomic mass is 16.5. The molecule has 0 saturated heterocycles. The van der Waals surface area contributed by atoms with E-state index in [-0.39, 0.29) is 11.9 Å². The molecule has 10 nitrogen and oxygen atoms in total. The van der Waals surface area contributed by atoms with Gasteiger partial charge in [-0.2, -0.15) is 0 Å². The van der Waals surface area contributed by atoms with E-state index in [4.69, 9.17) is 24.2 Å². The standard InChI is InChI=1S/C31H32N6O4/c1-20(38)33-21-11-13-23(14-12-21)37-29-10-6-5-8-24(29)35-28-16-26(36-25-9-7-15-32-31(25)41-4)27(17-30(28)37)34-22(18-39-2)19-40-3/h5-17,22,36H,18-19H2,1-4H3,(H,33,38)/b34-27+. The zero-order valence-electron chi connectivity index (χ0n) is 23.4. The Bertz CT molecular complexity index is 1690. The number of fused-ring (bicyclic) bond motifs is 2. The van der Waals surface area contributed by atoms with Gasteiger partial charge in [-0.25, -0.2) is 9.97 Å². The normalized spacial score (nSPS) is 11.8. The molecule has 210 valence electrons. The summed E-state index contributed by atoms with van der Waals surface area (Å²) in [5.74, 6) is 0.341. The average Bonchev–Trinajstić information content (AvgIpc) is 2.97. The number of ether oxygens (including phenoxy) is 3. The minimum absolute atomic E-state index is 0.122. The maximum absolute atomic E-state index is 11.6. The second-order valence-corrected chi connectivity index (χ2v) is 9.40. The molecule has 2 aliphatic rings. The van der Waals surface area contributed by atoms with Crippen molar-refractivity contribution in [2.24, 2.45) is 4.99 Å². The van der Waals surface area contributed by atoms with E-state index in [0.717, 1.165) is 39.5 Å². The van der Waals surface area contributed by atoms with Gasteiger partial charge in [0.1, 0.15) is 5.69 Å². The van der Waals surface area contributed by atoms with Crippen LogP contribution >= 0.6 is 0 Å². The Balaban J connectivity index is 1.77. The zero-order valence-corrected chi connectivity index (χ0v) is 23.4. The van der Waals surface area contributed by atoms with Crippen molar-refractivity contribution in [2.75, 3.05) is 45.2 Å². The number of nitrogens with zero attached hydrogens (tertiary/aromatic N) is 4. The molecule has 2 heterocycles. The van der Waals surface area contributed by atoms with Crippen LogP contribution in [0, 0.1) is 0 Å². The van der Waals surface area contributed by atoms with Gasteiger partial charge in [0, 0.05) is 38.7 Å². The summed E-state index contributed by atoms with van der Waals surface area (Å²) >= 11 is 0. The van der Waals surface area contributed by atoms with E-state index in [9.17, 15) is 4.79 Å². The number of carbonyl (C=O) groups excluding carboxylic acids is 1. The molecule has 1 aliphatic heterocycles. The fourth-order valence-corrected chi connectivity index (χ4v) is 4.72. The van der Waals surface area contributed by atoms with Crippen LogP contribution in [0.15, 0.2) is 84.0 Å². The number of anilines is 3. The van der Waals surface area contributed by atoms with Gasteiger partial charge in [-0.05, 0) is 60.7 Å². The Hall–Kier alpha value is -4.80. The lowest BCUT2D eigenvalue weighted by atomic mass is 10.1. The van der Waals surface area contributed by atoms with E-state index >= 15 is 0 Å². The van der Waals surface area contributed by atoms with Crippen molar-refractivity contribution >= 4 is 34.0 Å². The summed E-state index contributed by atoms with van der Waals surface area (Å²) in [7, 11) is 4.87. The van der Waals surface area contributed by atoms with Crippen molar-refractivity contribution in [3.8, 4) is 23.0 Å². The first-order valence-electron chi connectivity index (χ1n) is 13.1. The second kappa shape index (κ2) is 12.6. The van der Waals surface area contributed by atoms with Gasteiger partial charge in [-0.3, -0.25) is 9.79 Å². The van der Waals surface area contributed by atoms with Crippen molar-refractivity contribution in [3.63, 3.8) is 0 Å². The molecule has 2 aromatic carbocycles. The van der Waals surface area contributed by atoms with E-state index in [1.807, 2.05) is 72.8 Å². The van der Waals surface area contributed by atoms with E-state index in [1.165, 1.54) is 6.92 Å². The largest absolute Gasteiger partial charge is 0.480 e. The number of nitrogens with one attached hydrogen (secondary N) is 2. The van der Waals surface area contributed by atoms with Crippen molar-refractivity contribution in [2.45, 2.75) is 13.0 Å². The van der Waals surface area contributed by atoms with Crippen LogP contribution in [-0.2, 0) is 14.3 Å². The molecule has 3 aromatic rings. The molecule has 0 fully saturated rings. The first kappa shape index (κ1) is 27.8. The number of aromatic nitrogens is 3. The predicted molar refractivity (Wildman–Crippen MR) is 159 cm³/mol. The highest BCUT2D eigenvalue weighted by Crippen LogP contribution is 2.32. The fraction of sp³-hybridized carbons (Fsp3) is 0.226. The molecule has 0 unspecified atom stereocenters. The monoisotopic (exact) mass is 552 g/mol. The number of benzene rings is 3. The Morgan fingerprint density at radius 1 is 0.951 bits per heavy atom. The molecular weight excluding hydrogens is 520 g/mol. The number of carbonyl (C=O) groups is 1. The highest BCUT2D eigenvalue weighted by molar-refractivity contribution is 5.89. The molecule has 0 atom stereocenters. The van der Waals surface area contributed by atoms with Crippen LogP contribution in [0.2, 0.25) is 0 Å². The van der Waals surface area contributed by atoms with Gasteiger partial charge in [0.05, 0.1) is 59.8 Å². The number of methoxy groups -OCH3 is 3. The van der Waals surface area contributed by atoms with E-state index < -0.39 is 0 Å². The number of hydrogen-bond donors (Lipinski definition) is 2. The second-order valence-electron chi connectivity index (χ2n) is 9.40. The minimum Gasteiger partial charge on any atom is -0.480 e. The summed E-state index contributed by atoms with van der Waals surface area (Å²) < 4.78 is 18.5. The van der Waals surface area contributed by atoms with Gasteiger partial charge >= 0.3 is 0 Å². The molecular formula is C31H32N6O4. The van der Waals surface area contributed by atoms with E-state index in [1.54, 1.807) is 27.5 Å². The van der Waals surface area contributed by atoms with Crippen LogP contribution in [-0.4, -0.2) is 61.0 Å². The van der Waals surface area contributed by atoms with Crippen LogP contribution in [0.3, 0.4) is 0 Å². The van der Waals surface area contributed by atoms with Crippen LogP contribution in [0.25, 0.3) is 28.1 Å². The molecule has 1 aromatic heterocycles. The summed E-state index contributed by atoms with van der Waals surface area (Å²) in [4.78, 5) is 25.9. The van der Waals surface area contributed by atoms with Gasteiger partial charge in [0.15, 0.2) is 0 Å². The topological polar surface area (TPSA) is 112 Å². The third-order valence-electron chi connectivity index (χ3n) is 6.42. The van der Waals surface area contributed by atoms with Gasteiger partial charge in [-0.15, -0.1) is 0 Å². The molecule has 0 radical (unpaired) electrons. The van der Waals surface area contributed by atoms with Crippen molar-refractivity contribution < 1.29 is 19.0 Å². The SMILES string of the molecule is COCC(COC)/N=c1\cc2n(-c3ccc(NC(C)=O)cc3)c3ccccc3nc-2cc1Nc1cccnc1OC. The minimum atomic E-state index is -0.238. The third-order valence-corrected chi connectivity index (χ3v) is 6.42. The lowest BCUT2D eigenvalue weighted by Gasteiger charge is -2.21. The van der Waals surface area contributed by atoms with Gasteiger partial charge < -0.3 is 29.4 Å². The molecule has 1 amide bonds. The molecule has 0 bridgehead atoms. The molecule has 0 saturated carbocycles. The Kier molecular flexibility index (Phi) is 8.52. The molecule has 10 heteroatoms. The molecule has 41 heavy (non-hydrogen) atoms. The predicted octanol–water partition coefficient (Wildman–Crippen LogP) is 4.80. The van der Waals surface area contributed by atoms with Crippen molar-refractivity contribution in [1.82, 2.24) is 14.5 Å². The third kappa shape index (κ3) is 6.19. The molecule has 2 N–H and O–H groups in total. The quantitative estimate of drug-likeness (QED) is 0.240. The summed E-state index contributed by atoms with van der Waals surface area (Å²) in [5, 5.41) is 6.98. The maximum Gasteiger partial charge on any atom is 0.237 e. The first-order chi connectivity index (χ1) is 20.0. The van der Waals surface area contributed by atoms with Crippen LogP contribution in [0.5, 0.6) is 5.88 Å². The lowest BCUT2D eigenvalue weighted by Crippen LogP contribution is -2.24. The molecule has 1 aliphatic carbocycles. The van der Waals surface area contributed by atoms with Crippen LogP contribution in [0.1, 0.15) is 6.92 Å². The van der Waals surface area contributed by atoms with Gasteiger partial charge in [0.25, 0.3) is 0 Å². The zero-order chi connectivity index (χ0) is 28.8. The van der Waals surface area contributed by atoms with Gasteiger partial charge in [-0.1, -0.05) is 12.1 Å². The van der Waals surface area contributed by atoms with Crippen molar-refractivity contribution in [3.05, 3.63) is 84.4 Å². The fourth-order valence-electron chi connectivity index (χ4n) is 4.72.